The quantitative estimate of drug-likeness (QED) is 0.167. The van der Waals surface area contributed by atoms with Crippen LogP contribution in [0.5, 0.6) is 0 Å². The first-order chi connectivity index (χ1) is 36.0. The number of hydrogen-bond donors (Lipinski definition) is 0. The van der Waals surface area contributed by atoms with E-state index in [2.05, 4.69) is 278 Å². The van der Waals surface area contributed by atoms with E-state index in [1.54, 1.807) is 0 Å². The molecule has 16 rings (SSSR count). The summed E-state index contributed by atoms with van der Waals surface area (Å²) in [4.78, 5) is 2.60. The Morgan fingerprint density at radius 3 is 1.48 bits per heavy atom. The molecule has 0 fully saturated rings. The molecule has 0 amide bonds. The number of fused-ring (bicyclic) bond motifs is 18. The smallest absolute Gasteiger partial charge is 0.0755 e. The van der Waals surface area contributed by atoms with Crippen LogP contribution in [0.3, 0.4) is 0 Å². The highest BCUT2D eigenvalue weighted by molar-refractivity contribution is 6.13. The minimum atomic E-state index is -0.587. The SMILES string of the molecule is CC1(C)c2ccccc2-c2c(N(c3ccc(C4(c5ccccc5)c5ccccc5-c5ccccc54)cc3)c3cccc4c3-c3ccccc3C43c4ccccc4-n4c5ccccc5c5cccc3c54)cccc21. The fourth-order valence-corrected chi connectivity index (χ4v) is 14.7. The molecule has 73 heavy (non-hydrogen) atoms. The van der Waals surface area contributed by atoms with Crippen molar-refractivity contribution in [3.63, 3.8) is 0 Å². The van der Waals surface area contributed by atoms with Gasteiger partial charge in [-0.25, -0.2) is 0 Å². The molecule has 1 unspecified atom stereocenters. The van der Waals surface area contributed by atoms with Crippen LogP contribution in [0.2, 0.25) is 0 Å². The van der Waals surface area contributed by atoms with E-state index in [9.17, 15) is 0 Å². The van der Waals surface area contributed by atoms with Crippen molar-refractivity contribution in [1.29, 1.82) is 0 Å². The second-order valence-corrected chi connectivity index (χ2v) is 21.0. The predicted octanol–water partition coefficient (Wildman–Crippen LogP) is 17.6. The Balaban J connectivity index is 0.993. The fourth-order valence-electron chi connectivity index (χ4n) is 14.7. The molecule has 0 bridgehead atoms. The summed E-state index contributed by atoms with van der Waals surface area (Å²) in [6, 6.07) is 96.5. The highest BCUT2D eigenvalue weighted by atomic mass is 15.1. The average molecular weight is 929 g/mol. The van der Waals surface area contributed by atoms with Gasteiger partial charge < -0.3 is 9.47 Å². The first kappa shape index (κ1) is 40.7. The molecule has 11 aromatic carbocycles. The maximum atomic E-state index is 2.60. The van der Waals surface area contributed by atoms with Gasteiger partial charge in [-0.3, -0.25) is 0 Å². The lowest BCUT2D eigenvalue weighted by Crippen LogP contribution is -2.33. The average Bonchev–Trinajstić information content (AvgIpc) is 4.14. The van der Waals surface area contributed by atoms with E-state index in [0.29, 0.717) is 0 Å². The summed E-state index contributed by atoms with van der Waals surface area (Å²) in [5, 5.41) is 2.56. The maximum Gasteiger partial charge on any atom is 0.0755 e. The highest BCUT2D eigenvalue weighted by Crippen LogP contribution is 2.65. The minimum absolute atomic E-state index is 0.180. The summed E-state index contributed by atoms with van der Waals surface area (Å²) in [7, 11) is 0. The third-order valence-electron chi connectivity index (χ3n) is 17.5. The molecule has 0 radical (unpaired) electrons. The van der Waals surface area contributed by atoms with Crippen molar-refractivity contribution in [3.05, 3.63) is 310 Å². The molecule has 342 valence electrons. The molecule has 12 aromatic rings. The number of aromatic nitrogens is 1. The molecule has 4 aliphatic rings. The van der Waals surface area contributed by atoms with E-state index in [4.69, 9.17) is 0 Å². The molecule has 0 saturated carbocycles. The summed E-state index contributed by atoms with van der Waals surface area (Å²) in [6.45, 7) is 4.78. The molecule has 1 atom stereocenters. The van der Waals surface area contributed by atoms with Crippen LogP contribution in [0.4, 0.5) is 17.1 Å². The summed E-state index contributed by atoms with van der Waals surface area (Å²) in [6.07, 6.45) is 0. The van der Waals surface area contributed by atoms with E-state index >= 15 is 0 Å². The van der Waals surface area contributed by atoms with Gasteiger partial charge in [-0.2, -0.15) is 0 Å². The fraction of sp³-hybridized carbons (Fsp3) is 0.0704. The van der Waals surface area contributed by atoms with Gasteiger partial charge >= 0.3 is 0 Å². The molecule has 1 aromatic heterocycles. The van der Waals surface area contributed by atoms with Crippen LogP contribution in [0.15, 0.2) is 255 Å². The van der Waals surface area contributed by atoms with Crippen LogP contribution in [-0.2, 0) is 16.2 Å². The standard InChI is InChI=1S/C71H48N2/c1-69(2)54-29-11-8-26-52(54)66-59(69)34-19-39-64(66)72(47-43-41-46(42-44-47)70(45-21-4-3-5-22-45)55-30-12-6-23-48(55)49-24-7-13-31-56(49)70)65-40-20-35-60-67(65)53-27-9-14-32-57(53)71(60)58-33-15-17-38-63(58)73-62-37-16-10-25-50(62)51-28-18-36-61(71)68(51)73/h3-44H,1-2H3. The monoisotopic (exact) mass is 928 g/mol. The first-order valence-electron chi connectivity index (χ1n) is 25.8. The summed E-state index contributed by atoms with van der Waals surface area (Å²) in [5.74, 6) is 0. The van der Waals surface area contributed by atoms with Gasteiger partial charge in [-0.1, -0.05) is 232 Å². The van der Waals surface area contributed by atoms with Crippen LogP contribution in [0.1, 0.15) is 69.5 Å². The zero-order valence-corrected chi connectivity index (χ0v) is 40.6. The van der Waals surface area contributed by atoms with Gasteiger partial charge in [0.25, 0.3) is 0 Å². The van der Waals surface area contributed by atoms with Crippen molar-refractivity contribution in [2.24, 2.45) is 0 Å². The third-order valence-corrected chi connectivity index (χ3v) is 17.5. The molecule has 0 saturated heterocycles. The van der Waals surface area contributed by atoms with Crippen LogP contribution < -0.4 is 4.90 Å². The Morgan fingerprint density at radius 2 is 0.781 bits per heavy atom. The van der Waals surface area contributed by atoms with Crippen LogP contribution in [-0.4, -0.2) is 4.57 Å². The maximum absolute atomic E-state index is 2.60. The van der Waals surface area contributed by atoms with Crippen molar-refractivity contribution in [1.82, 2.24) is 4.57 Å². The van der Waals surface area contributed by atoms with Gasteiger partial charge in [0.05, 0.1) is 38.9 Å². The van der Waals surface area contributed by atoms with Crippen LogP contribution in [0, 0.1) is 0 Å². The van der Waals surface area contributed by atoms with Crippen molar-refractivity contribution in [2.45, 2.75) is 30.1 Å². The van der Waals surface area contributed by atoms with Gasteiger partial charge in [-0.05, 0) is 114 Å². The van der Waals surface area contributed by atoms with E-state index in [0.717, 1.165) is 11.4 Å². The summed E-state index contributed by atoms with van der Waals surface area (Å²) < 4.78 is 2.54. The van der Waals surface area contributed by atoms with Crippen molar-refractivity contribution in [3.8, 4) is 39.1 Å². The zero-order chi connectivity index (χ0) is 48.2. The van der Waals surface area contributed by atoms with Gasteiger partial charge in [0.1, 0.15) is 0 Å². The number of para-hydroxylation sites is 3. The normalized spacial score (nSPS) is 16.4. The minimum Gasteiger partial charge on any atom is -0.309 e. The van der Waals surface area contributed by atoms with Crippen molar-refractivity contribution < 1.29 is 0 Å². The molecule has 1 aliphatic heterocycles. The van der Waals surface area contributed by atoms with Crippen molar-refractivity contribution in [2.75, 3.05) is 4.90 Å². The topological polar surface area (TPSA) is 8.17 Å². The molecule has 1 spiro atoms. The van der Waals surface area contributed by atoms with Gasteiger partial charge in [0.2, 0.25) is 0 Å². The molecule has 3 aliphatic carbocycles. The van der Waals surface area contributed by atoms with Gasteiger partial charge in [0, 0.05) is 33.0 Å². The third kappa shape index (κ3) is 4.98. The zero-order valence-electron chi connectivity index (χ0n) is 40.6. The highest BCUT2D eigenvalue weighted by Gasteiger charge is 2.52. The summed E-state index contributed by atoms with van der Waals surface area (Å²) in [5.41, 5.74) is 26.7. The molecular formula is C71H48N2. The second kappa shape index (κ2) is 14.6. The van der Waals surface area contributed by atoms with Crippen LogP contribution >= 0.6 is 0 Å². The van der Waals surface area contributed by atoms with E-state index in [-0.39, 0.29) is 5.41 Å². The predicted molar refractivity (Wildman–Crippen MR) is 301 cm³/mol. The van der Waals surface area contributed by atoms with E-state index < -0.39 is 10.8 Å². The van der Waals surface area contributed by atoms with Crippen LogP contribution in [0.25, 0.3) is 60.9 Å². The Hall–Kier alpha value is -8.98. The number of benzene rings is 11. The molecular weight excluding hydrogens is 881 g/mol. The molecule has 0 N–H and O–H groups in total. The molecule has 2 nitrogen and oxygen atoms in total. The first-order valence-corrected chi connectivity index (χ1v) is 25.8. The lowest BCUT2D eigenvalue weighted by Gasteiger charge is -2.39. The summed E-state index contributed by atoms with van der Waals surface area (Å²) >= 11 is 0. The number of nitrogens with zero attached hydrogens (tertiary/aromatic N) is 2. The number of anilines is 3. The van der Waals surface area contributed by atoms with Crippen molar-refractivity contribution >= 4 is 38.9 Å². The number of hydrogen-bond acceptors (Lipinski definition) is 1. The van der Waals surface area contributed by atoms with E-state index in [1.165, 1.54) is 122 Å². The molecule has 2 heterocycles. The Bertz CT molecular complexity index is 4260. The van der Waals surface area contributed by atoms with Gasteiger partial charge in [0.15, 0.2) is 0 Å². The lowest BCUT2D eigenvalue weighted by atomic mass is 9.65. The Morgan fingerprint density at radius 1 is 0.315 bits per heavy atom. The van der Waals surface area contributed by atoms with Gasteiger partial charge in [-0.15, -0.1) is 0 Å². The number of rotatable bonds is 5. The molecule has 2 heteroatoms. The Kier molecular flexibility index (Phi) is 8.12. The second-order valence-electron chi connectivity index (χ2n) is 21.0. The van der Waals surface area contributed by atoms with E-state index in [1.807, 2.05) is 0 Å². The Labute approximate surface area is 425 Å². The largest absolute Gasteiger partial charge is 0.309 e. The lowest BCUT2D eigenvalue weighted by molar-refractivity contribution is 0.660.